The molecule has 3 aromatic rings. The van der Waals surface area contributed by atoms with Crippen molar-refractivity contribution in [2.75, 3.05) is 6.73 Å². The summed E-state index contributed by atoms with van der Waals surface area (Å²) >= 11 is 0. The molecule has 10 heteroatoms. The van der Waals surface area contributed by atoms with Gasteiger partial charge in [0.15, 0.2) is 6.73 Å². The van der Waals surface area contributed by atoms with Crippen LogP contribution in [0.25, 0.3) is 6.08 Å². The van der Waals surface area contributed by atoms with Crippen LogP contribution in [0, 0.1) is 10.1 Å². The van der Waals surface area contributed by atoms with E-state index in [0.717, 1.165) is 11.0 Å². The molecule has 0 radical (unpaired) electrons. The van der Waals surface area contributed by atoms with Gasteiger partial charge in [0.2, 0.25) is 0 Å². The van der Waals surface area contributed by atoms with Crippen LogP contribution in [0.3, 0.4) is 0 Å². The highest BCUT2D eigenvalue weighted by Crippen LogP contribution is 2.22. The van der Waals surface area contributed by atoms with Crippen LogP contribution in [0.2, 0.25) is 0 Å². The molecule has 3 amide bonds. The summed E-state index contributed by atoms with van der Waals surface area (Å²) in [5, 5.41) is 13.4. The van der Waals surface area contributed by atoms with Crippen molar-refractivity contribution in [3.8, 4) is 0 Å². The van der Waals surface area contributed by atoms with Crippen LogP contribution in [0.4, 0.5) is 5.69 Å². The minimum absolute atomic E-state index is 0.0497. The number of nitrogens with zero attached hydrogens (tertiary/aromatic N) is 2. The third kappa shape index (κ3) is 4.96. The lowest BCUT2D eigenvalue weighted by Crippen LogP contribution is -2.35. The number of nitro groups is 1. The first-order chi connectivity index (χ1) is 16.8. The number of nitro benzene ring substituents is 1. The van der Waals surface area contributed by atoms with E-state index in [2.05, 4.69) is 5.32 Å². The summed E-state index contributed by atoms with van der Waals surface area (Å²) in [5.41, 5.74) is 0.328. The Labute approximate surface area is 198 Å². The van der Waals surface area contributed by atoms with Gasteiger partial charge in [0.1, 0.15) is 5.70 Å². The van der Waals surface area contributed by atoms with Gasteiger partial charge in [0.25, 0.3) is 23.4 Å². The molecular weight excluding hydrogens is 454 g/mol. The van der Waals surface area contributed by atoms with Gasteiger partial charge in [-0.25, -0.2) is 9.69 Å². The molecule has 3 aromatic carbocycles. The largest absolute Gasteiger partial charge is 0.439 e. The zero-order valence-electron chi connectivity index (χ0n) is 18.0. The Balaban J connectivity index is 1.54. The smallest absolute Gasteiger partial charge is 0.356 e. The Morgan fingerprint density at radius 1 is 0.914 bits per heavy atom. The Hall–Kier alpha value is -5.12. The molecule has 1 aliphatic heterocycles. The van der Waals surface area contributed by atoms with Crippen LogP contribution in [0.15, 0.2) is 84.6 Å². The lowest BCUT2D eigenvalue weighted by atomic mass is 10.1. The molecule has 174 valence electrons. The average molecular weight is 471 g/mol. The van der Waals surface area contributed by atoms with Gasteiger partial charge in [-0.3, -0.25) is 24.5 Å². The molecule has 10 nitrogen and oxygen atoms in total. The number of carbonyl (C=O) groups excluding carboxylic acids is 4. The molecule has 4 rings (SSSR count). The predicted octanol–water partition coefficient (Wildman–Crippen LogP) is 3.16. The second-order valence-corrected chi connectivity index (χ2v) is 7.38. The van der Waals surface area contributed by atoms with Crippen LogP contribution in [-0.2, 0) is 9.53 Å². The molecule has 35 heavy (non-hydrogen) atoms. The zero-order valence-corrected chi connectivity index (χ0v) is 18.0. The highest BCUT2D eigenvalue weighted by Gasteiger charge is 2.36. The number of rotatable bonds is 7. The number of imide groups is 1. The van der Waals surface area contributed by atoms with Gasteiger partial charge in [0.05, 0.1) is 16.1 Å². The van der Waals surface area contributed by atoms with Crippen molar-refractivity contribution in [1.29, 1.82) is 0 Å². The molecule has 0 spiro atoms. The topological polar surface area (TPSA) is 136 Å². The molecule has 0 atom stereocenters. The van der Waals surface area contributed by atoms with E-state index in [9.17, 15) is 29.3 Å². The summed E-state index contributed by atoms with van der Waals surface area (Å²) < 4.78 is 5.19. The Kier molecular flexibility index (Phi) is 6.45. The van der Waals surface area contributed by atoms with Gasteiger partial charge in [-0.05, 0) is 29.8 Å². The van der Waals surface area contributed by atoms with Gasteiger partial charge in [-0.2, -0.15) is 0 Å². The van der Waals surface area contributed by atoms with Crippen LogP contribution < -0.4 is 5.32 Å². The molecule has 1 N–H and O–H groups in total. The van der Waals surface area contributed by atoms with Crippen molar-refractivity contribution in [1.82, 2.24) is 10.2 Å². The molecule has 0 fully saturated rings. The monoisotopic (exact) mass is 471 g/mol. The fraction of sp³-hybridized carbons (Fsp3) is 0.0400. The minimum atomic E-state index is -1.01. The van der Waals surface area contributed by atoms with Crippen molar-refractivity contribution in [2.24, 2.45) is 0 Å². The molecule has 0 saturated heterocycles. The number of hydrogen-bond acceptors (Lipinski definition) is 7. The molecule has 0 unspecified atom stereocenters. The SMILES string of the molecule is O=C(OCN1C(=O)c2ccccc2C1=O)/C(=C/c1ccccc1)NC(=O)c1cccc([N+](=O)[O-])c1. The molecule has 0 bridgehead atoms. The summed E-state index contributed by atoms with van der Waals surface area (Å²) in [6.45, 7) is -0.663. The number of hydrogen-bond donors (Lipinski definition) is 1. The number of benzene rings is 3. The molecule has 0 aliphatic carbocycles. The van der Waals surface area contributed by atoms with Crippen molar-refractivity contribution < 1.29 is 28.8 Å². The summed E-state index contributed by atoms with van der Waals surface area (Å²) in [6.07, 6.45) is 1.35. The normalized spacial score (nSPS) is 12.8. The number of nitrogens with one attached hydrogen (secondary N) is 1. The second-order valence-electron chi connectivity index (χ2n) is 7.38. The van der Waals surface area contributed by atoms with E-state index < -0.39 is 35.3 Å². The van der Waals surface area contributed by atoms with Crippen LogP contribution in [0.5, 0.6) is 0 Å². The zero-order chi connectivity index (χ0) is 24.9. The van der Waals surface area contributed by atoms with Gasteiger partial charge in [0, 0.05) is 17.7 Å². The van der Waals surface area contributed by atoms with Crippen molar-refractivity contribution in [3.05, 3.63) is 117 Å². The van der Waals surface area contributed by atoms with E-state index in [-0.39, 0.29) is 28.1 Å². The number of esters is 1. The Morgan fingerprint density at radius 2 is 1.54 bits per heavy atom. The first-order valence-electron chi connectivity index (χ1n) is 10.3. The van der Waals surface area contributed by atoms with Gasteiger partial charge >= 0.3 is 5.97 Å². The molecule has 0 saturated carbocycles. The van der Waals surface area contributed by atoms with Crippen LogP contribution in [-0.4, -0.2) is 40.2 Å². The first-order valence-corrected chi connectivity index (χ1v) is 10.3. The van der Waals surface area contributed by atoms with Gasteiger partial charge in [-0.1, -0.05) is 48.5 Å². The van der Waals surface area contributed by atoms with Gasteiger partial charge in [-0.15, -0.1) is 0 Å². The van der Waals surface area contributed by atoms with Crippen molar-refractivity contribution in [2.45, 2.75) is 0 Å². The molecular formula is C25H17N3O7. The summed E-state index contributed by atoms with van der Waals surface area (Å²) in [4.78, 5) is 61.8. The van der Waals surface area contributed by atoms with E-state index in [4.69, 9.17) is 4.74 Å². The van der Waals surface area contributed by atoms with Crippen molar-refractivity contribution in [3.63, 3.8) is 0 Å². The Bertz CT molecular complexity index is 1350. The number of carbonyl (C=O) groups is 4. The maximum atomic E-state index is 12.9. The summed E-state index contributed by atoms with van der Waals surface area (Å²) in [6, 6.07) is 19.8. The maximum absolute atomic E-state index is 12.9. The second kappa shape index (κ2) is 9.79. The van der Waals surface area contributed by atoms with E-state index in [1.807, 2.05) is 0 Å². The molecule has 1 aliphatic rings. The minimum Gasteiger partial charge on any atom is -0.439 e. The fourth-order valence-corrected chi connectivity index (χ4v) is 3.37. The average Bonchev–Trinajstić information content (AvgIpc) is 3.12. The lowest BCUT2D eigenvalue weighted by molar-refractivity contribution is -0.384. The van der Waals surface area contributed by atoms with E-state index in [1.165, 1.54) is 36.4 Å². The highest BCUT2D eigenvalue weighted by molar-refractivity contribution is 6.21. The standard InChI is InChI=1S/C25H17N3O7/c29-22(17-9-6-10-18(14-17)28(33)34)26-21(13-16-7-2-1-3-8-16)25(32)35-15-27-23(30)19-11-4-5-12-20(19)24(27)31/h1-14H,15H2,(H,26,29)/b21-13-. The quantitative estimate of drug-likeness (QED) is 0.184. The fourth-order valence-electron chi connectivity index (χ4n) is 3.37. The van der Waals surface area contributed by atoms with E-state index in [0.29, 0.717) is 5.56 Å². The van der Waals surface area contributed by atoms with E-state index in [1.54, 1.807) is 42.5 Å². The highest BCUT2D eigenvalue weighted by atomic mass is 16.6. The molecule has 0 aromatic heterocycles. The summed E-state index contributed by atoms with van der Waals surface area (Å²) in [5.74, 6) is -3.00. The third-order valence-corrected chi connectivity index (χ3v) is 5.10. The van der Waals surface area contributed by atoms with Gasteiger partial charge < -0.3 is 10.1 Å². The predicted molar refractivity (Wildman–Crippen MR) is 123 cm³/mol. The summed E-state index contributed by atoms with van der Waals surface area (Å²) in [7, 11) is 0. The van der Waals surface area contributed by atoms with Crippen LogP contribution >= 0.6 is 0 Å². The van der Waals surface area contributed by atoms with E-state index >= 15 is 0 Å². The van der Waals surface area contributed by atoms with Crippen molar-refractivity contribution >= 4 is 35.5 Å². The number of amides is 3. The number of fused-ring (bicyclic) bond motifs is 1. The number of ether oxygens (including phenoxy) is 1. The molecule has 1 heterocycles. The lowest BCUT2D eigenvalue weighted by Gasteiger charge is -2.15. The number of non-ortho nitro benzene ring substituents is 1. The third-order valence-electron chi connectivity index (χ3n) is 5.10. The first kappa shape index (κ1) is 23.1. The van der Waals surface area contributed by atoms with Crippen LogP contribution in [0.1, 0.15) is 36.6 Å². The Morgan fingerprint density at radius 3 is 2.17 bits per heavy atom. The maximum Gasteiger partial charge on any atom is 0.356 e.